The smallest absolute Gasteiger partial charge is 0.0832 e. The molecule has 1 aliphatic carbocycles. The van der Waals surface area contributed by atoms with Gasteiger partial charge >= 0.3 is 0 Å². The van der Waals surface area contributed by atoms with Crippen LogP contribution in [-0.2, 0) is 4.74 Å². The van der Waals surface area contributed by atoms with Crippen LogP contribution in [0.15, 0.2) is 0 Å². The van der Waals surface area contributed by atoms with Gasteiger partial charge in [-0.3, -0.25) is 0 Å². The van der Waals surface area contributed by atoms with Gasteiger partial charge in [0.1, 0.15) is 0 Å². The predicted molar refractivity (Wildman–Crippen MR) is 64.9 cm³/mol. The highest BCUT2D eigenvalue weighted by Crippen LogP contribution is 2.36. The van der Waals surface area contributed by atoms with Gasteiger partial charge in [-0.1, -0.05) is 39.0 Å². The van der Waals surface area contributed by atoms with E-state index < -0.39 is 0 Å². The molecule has 2 nitrogen and oxygen atoms in total. The van der Waals surface area contributed by atoms with Gasteiger partial charge in [0.05, 0.1) is 5.60 Å². The summed E-state index contributed by atoms with van der Waals surface area (Å²) in [5.41, 5.74) is 6.35. The first-order valence-electron chi connectivity index (χ1n) is 6.64. The molecule has 90 valence electrons. The Labute approximate surface area is 94.6 Å². The summed E-state index contributed by atoms with van der Waals surface area (Å²) in [6.07, 6.45) is 9.90. The van der Waals surface area contributed by atoms with Crippen LogP contribution in [0.25, 0.3) is 0 Å². The molecule has 0 heterocycles. The van der Waals surface area contributed by atoms with Crippen molar-refractivity contribution in [1.29, 1.82) is 0 Å². The number of rotatable bonds is 7. The number of unbranched alkanes of at least 4 members (excludes halogenated alkanes) is 2. The minimum Gasteiger partial charge on any atom is -0.374 e. The van der Waals surface area contributed by atoms with Crippen LogP contribution >= 0.6 is 0 Å². The SMILES string of the molecule is CCCCCC(N)C1(OCC)CCCC1. The average Bonchev–Trinajstić information content (AvgIpc) is 2.68. The molecule has 1 rings (SSSR count). The van der Waals surface area contributed by atoms with Crippen molar-refractivity contribution in [2.45, 2.75) is 76.9 Å². The van der Waals surface area contributed by atoms with E-state index in [1.54, 1.807) is 0 Å². The summed E-state index contributed by atoms with van der Waals surface area (Å²) in [7, 11) is 0. The normalized spacial score (nSPS) is 21.8. The fraction of sp³-hybridized carbons (Fsp3) is 1.00. The molecule has 2 heteroatoms. The van der Waals surface area contributed by atoms with Crippen molar-refractivity contribution in [2.75, 3.05) is 6.61 Å². The summed E-state index contributed by atoms with van der Waals surface area (Å²) >= 11 is 0. The third-order valence-electron chi connectivity index (χ3n) is 3.68. The highest BCUT2D eigenvalue weighted by Gasteiger charge is 2.39. The van der Waals surface area contributed by atoms with E-state index in [0.29, 0.717) is 0 Å². The van der Waals surface area contributed by atoms with E-state index in [0.717, 1.165) is 13.0 Å². The second-order valence-electron chi connectivity index (χ2n) is 4.81. The highest BCUT2D eigenvalue weighted by molar-refractivity contribution is 4.95. The average molecular weight is 213 g/mol. The Bertz CT molecular complexity index is 164. The van der Waals surface area contributed by atoms with E-state index >= 15 is 0 Å². The maximum atomic E-state index is 6.32. The molecule has 0 aromatic rings. The van der Waals surface area contributed by atoms with Crippen molar-refractivity contribution in [1.82, 2.24) is 0 Å². The summed E-state index contributed by atoms with van der Waals surface area (Å²) in [5, 5.41) is 0. The van der Waals surface area contributed by atoms with Crippen LogP contribution in [-0.4, -0.2) is 18.2 Å². The van der Waals surface area contributed by atoms with Crippen LogP contribution in [0.1, 0.15) is 65.2 Å². The quantitative estimate of drug-likeness (QED) is 0.659. The van der Waals surface area contributed by atoms with Gasteiger partial charge in [0.25, 0.3) is 0 Å². The maximum absolute atomic E-state index is 6.32. The molecule has 0 radical (unpaired) electrons. The summed E-state index contributed by atoms with van der Waals surface area (Å²) < 4.78 is 5.96. The zero-order valence-electron chi connectivity index (χ0n) is 10.4. The van der Waals surface area contributed by atoms with Crippen LogP contribution in [0.4, 0.5) is 0 Å². The van der Waals surface area contributed by atoms with Gasteiger partial charge in [-0.2, -0.15) is 0 Å². The second kappa shape index (κ2) is 6.49. The zero-order chi connectivity index (χ0) is 11.1. The molecule has 1 atom stereocenters. The Morgan fingerprint density at radius 2 is 1.87 bits per heavy atom. The monoisotopic (exact) mass is 213 g/mol. The van der Waals surface area contributed by atoms with Crippen molar-refractivity contribution in [3.8, 4) is 0 Å². The van der Waals surface area contributed by atoms with Gasteiger partial charge in [0.2, 0.25) is 0 Å². The maximum Gasteiger partial charge on any atom is 0.0832 e. The molecular weight excluding hydrogens is 186 g/mol. The van der Waals surface area contributed by atoms with E-state index in [9.17, 15) is 0 Å². The lowest BCUT2D eigenvalue weighted by Crippen LogP contribution is -2.48. The Morgan fingerprint density at radius 3 is 2.40 bits per heavy atom. The predicted octanol–water partition coefficient (Wildman–Crippen LogP) is 3.24. The molecule has 1 saturated carbocycles. The van der Waals surface area contributed by atoms with Gasteiger partial charge in [-0.15, -0.1) is 0 Å². The topological polar surface area (TPSA) is 35.2 Å². The summed E-state index contributed by atoms with van der Waals surface area (Å²) in [5.74, 6) is 0. The Morgan fingerprint density at radius 1 is 1.20 bits per heavy atom. The van der Waals surface area contributed by atoms with Crippen molar-refractivity contribution < 1.29 is 4.74 Å². The fourth-order valence-corrected chi connectivity index (χ4v) is 2.76. The lowest BCUT2D eigenvalue weighted by Gasteiger charge is -2.35. The van der Waals surface area contributed by atoms with Gasteiger partial charge in [0, 0.05) is 12.6 Å². The molecule has 1 unspecified atom stereocenters. The van der Waals surface area contributed by atoms with E-state index in [1.165, 1.54) is 44.9 Å². The number of nitrogens with two attached hydrogens (primary N) is 1. The van der Waals surface area contributed by atoms with Gasteiger partial charge in [-0.05, 0) is 26.2 Å². The van der Waals surface area contributed by atoms with Crippen LogP contribution in [0.5, 0.6) is 0 Å². The Balaban J connectivity index is 2.40. The fourth-order valence-electron chi connectivity index (χ4n) is 2.76. The molecule has 0 amide bonds. The van der Waals surface area contributed by atoms with Gasteiger partial charge in [-0.25, -0.2) is 0 Å². The minimum absolute atomic E-state index is 0.0302. The van der Waals surface area contributed by atoms with Gasteiger partial charge in [0.15, 0.2) is 0 Å². The summed E-state index contributed by atoms with van der Waals surface area (Å²) in [4.78, 5) is 0. The van der Waals surface area contributed by atoms with Crippen molar-refractivity contribution in [3.05, 3.63) is 0 Å². The lowest BCUT2D eigenvalue weighted by molar-refractivity contribution is -0.0546. The van der Waals surface area contributed by atoms with Crippen LogP contribution in [0.3, 0.4) is 0 Å². The number of ether oxygens (including phenoxy) is 1. The summed E-state index contributed by atoms with van der Waals surface area (Å²) in [6, 6.07) is 0.256. The van der Waals surface area contributed by atoms with Crippen LogP contribution in [0, 0.1) is 0 Å². The van der Waals surface area contributed by atoms with E-state index in [1.807, 2.05) is 0 Å². The highest BCUT2D eigenvalue weighted by atomic mass is 16.5. The lowest BCUT2D eigenvalue weighted by atomic mass is 9.89. The van der Waals surface area contributed by atoms with E-state index in [2.05, 4.69) is 13.8 Å². The van der Waals surface area contributed by atoms with E-state index in [-0.39, 0.29) is 11.6 Å². The molecule has 1 fully saturated rings. The van der Waals surface area contributed by atoms with Crippen LogP contribution in [0.2, 0.25) is 0 Å². The molecule has 0 aromatic heterocycles. The van der Waals surface area contributed by atoms with Crippen molar-refractivity contribution in [3.63, 3.8) is 0 Å². The molecule has 0 aromatic carbocycles. The zero-order valence-corrected chi connectivity index (χ0v) is 10.4. The van der Waals surface area contributed by atoms with Crippen LogP contribution < -0.4 is 5.73 Å². The van der Waals surface area contributed by atoms with Crippen molar-refractivity contribution in [2.24, 2.45) is 5.73 Å². The standard InChI is InChI=1S/C13H27NO/c1-3-5-6-9-12(14)13(15-4-2)10-7-8-11-13/h12H,3-11,14H2,1-2H3. The Hall–Kier alpha value is -0.0800. The third-order valence-corrected chi connectivity index (χ3v) is 3.68. The molecule has 15 heavy (non-hydrogen) atoms. The second-order valence-corrected chi connectivity index (χ2v) is 4.81. The minimum atomic E-state index is 0.0302. The molecule has 0 spiro atoms. The summed E-state index contributed by atoms with van der Waals surface area (Å²) in [6.45, 7) is 5.12. The van der Waals surface area contributed by atoms with Crippen molar-refractivity contribution >= 4 is 0 Å². The Kier molecular flexibility index (Phi) is 5.62. The molecular formula is C13H27NO. The number of hydrogen-bond acceptors (Lipinski definition) is 2. The molecule has 0 saturated heterocycles. The van der Waals surface area contributed by atoms with E-state index in [4.69, 9.17) is 10.5 Å². The third kappa shape index (κ3) is 3.46. The number of hydrogen-bond donors (Lipinski definition) is 1. The first-order valence-corrected chi connectivity index (χ1v) is 6.64. The molecule has 2 N–H and O–H groups in total. The molecule has 1 aliphatic rings. The molecule has 0 aliphatic heterocycles. The first-order chi connectivity index (χ1) is 7.25. The largest absolute Gasteiger partial charge is 0.374 e. The van der Waals surface area contributed by atoms with Gasteiger partial charge < -0.3 is 10.5 Å². The molecule has 0 bridgehead atoms. The first kappa shape index (κ1) is 13.0.